The third-order valence-corrected chi connectivity index (χ3v) is 6.41. The lowest BCUT2D eigenvalue weighted by molar-refractivity contribution is 0.174. The van der Waals surface area contributed by atoms with Crippen molar-refractivity contribution in [1.29, 1.82) is 0 Å². The molecule has 1 saturated heterocycles. The van der Waals surface area contributed by atoms with Gasteiger partial charge in [-0.3, -0.25) is 4.98 Å². The topological polar surface area (TPSA) is 51.6 Å². The Kier molecular flexibility index (Phi) is 4.77. The van der Waals surface area contributed by atoms with E-state index in [4.69, 9.17) is 21.7 Å². The van der Waals surface area contributed by atoms with Gasteiger partial charge in [0.2, 0.25) is 6.79 Å². The summed E-state index contributed by atoms with van der Waals surface area (Å²) in [6, 6.07) is 24.4. The van der Waals surface area contributed by atoms with Gasteiger partial charge < -0.3 is 24.3 Å². The summed E-state index contributed by atoms with van der Waals surface area (Å²) in [5, 5.41) is 4.17. The van der Waals surface area contributed by atoms with Crippen molar-refractivity contribution in [3.63, 3.8) is 0 Å². The lowest BCUT2D eigenvalue weighted by Gasteiger charge is -2.29. The van der Waals surface area contributed by atoms with Gasteiger partial charge in [-0.1, -0.05) is 18.2 Å². The first-order chi connectivity index (χ1) is 16.2. The van der Waals surface area contributed by atoms with Gasteiger partial charge in [0.25, 0.3) is 0 Å². The molecule has 2 atom stereocenters. The second kappa shape index (κ2) is 7.94. The zero-order valence-corrected chi connectivity index (χ0v) is 18.8. The molecule has 0 amide bonds. The zero-order chi connectivity index (χ0) is 22.4. The Hall–Kier alpha value is -3.84. The van der Waals surface area contributed by atoms with Crippen LogP contribution in [0, 0.1) is 6.92 Å². The smallest absolute Gasteiger partial charge is 0.231 e. The van der Waals surface area contributed by atoms with Crippen molar-refractivity contribution in [3.8, 4) is 17.2 Å². The van der Waals surface area contributed by atoms with E-state index in [0.29, 0.717) is 5.11 Å². The maximum Gasteiger partial charge on any atom is 0.231 e. The number of hydrogen-bond acceptors (Lipinski definition) is 4. The summed E-state index contributed by atoms with van der Waals surface area (Å²) in [7, 11) is 0. The molecular formula is C26H22N4O2S. The number of benzene rings is 2. The Morgan fingerprint density at radius 2 is 1.85 bits per heavy atom. The largest absolute Gasteiger partial charge is 0.454 e. The number of pyridine rings is 1. The van der Waals surface area contributed by atoms with E-state index >= 15 is 0 Å². The van der Waals surface area contributed by atoms with Crippen LogP contribution in [0.25, 0.3) is 5.69 Å². The van der Waals surface area contributed by atoms with Crippen LogP contribution >= 0.6 is 12.2 Å². The molecule has 0 spiro atoms. The molecule has 33 heavy (non-hydrogen) atoms. The fraction of sp³-hybridized carbons (Fsp3) is 0.154. The van der Waals surface area contributed by atoms with Crippen LogP contribution < -0.4 is 19.7 Å². The van der Waals surface area contributed by atoms with Crippen LogP contribution in [-0.4, -0.2) is 21.5 Å². The van der Waals surface area contributed by atoms with Crippen LogP contribution in [0.2, 0.25) is 0 Å². The normalized spacial score (nSPS) is 19.1. The molecule has 1 fully saturated rings. The number of nitrogens with zero attached hydrogens (tertiary/aromatic N) is 3. The van der Waals surface area contributed by atoms with Gasteiger partial charge in [-0.2, -0.15) is 0 Å². The first-order valence-corrected chi connectivity index (χ1v) is 11.2. The van der Waals surface area contributed by atoms with Crippen molar-refractivity contribution in [2.45, 2.75) is 19.0 Å². The van der Waals surface area contributed by atoms with Crippen molar-refractivity contribution in [3.05, 3.63) is 102 Å². The van der Waals surface area contributed by atoms with Crippen molar-refractivity contribution < 1.29 is 9.47 Å². The van der Waals surface area contributed by atoms with Crippen molar-refractivity contribution in [2.24, 2.45) is 0 Å². The average molecular weight is 455 g/mol. The van der Waals surface area contributed by atoms with Gasteiger partial charge >= 0.3 is 0 Å². The molecule has 6 nitrogen and oxygen atoms in total. The molecule has 0 bridgehead atoms. The Labute approximate surface area is 197 Å². The van der Waals surface area contributed by atoms with Crippen LogP contribution in [0.4, 0.5) is 5.69 Å². The van der Waals surface area contributed by atoms with Crippen LogP contribution in [0.15, 0.2) is 85.2 Å². The number of aromatic nitrogens is 2. The van der Waals surface area contributed by atoms with E-state index in [9.17, 15) is 0 Å². The standard InChI is InChI=1S/C26H22N4O2S/c1-17-6-4-7-18(14-17)29-13-5-9-21(29)25-24(20-8-2-3-12-27-20)28-26(33)30(25)19-10-11-22-23(15-19)32-16-31-22/h2-15,24-25H,16H2,1H3,(H,28,33)/t24-,25-/m0/s1. The van der Waals surface area contributed by atoms with E-state index in [1.54, 1.807) is 0 Å². The molecule has 6 rings (SSSR count). The summed E-state index contributed by atoms with van der Waals surface area (Å²) in [5.74, 6) is 1.47. The van der Waals surface area contributed by atoms with Crippen LogP contribution in [0.3, 0.4) is 0 Å². The third-order valence-electron chi connectivity index (χ3n) is 6.10. The van der Waals surface area contributed by atoms with E-state index < -0.39 is 0 Å². The van der Waals surface area contributed by atoms with E-state index in [2.05, 4.69) is 69.3 Å². The molecule has 2 aliphatic rings. The second-order valence-corrected chi connectivity index (χ2v) is 8.56. The predicted molar refractivity (Wildman–Crippen MR) is 131 cm³/mol. The summed E-state index contributed by atoms with van der Waals surface area (Å²) < 4.78 is 13.4. The molecule has 0 aliphatic carbocycles. The first-order valence-electron chi connectivity index (χ1n) is 10.8. The molecule has 2 aromatic carbocycles. The Balaban J connectivity index is 1.51. The number of thiocarbonyl (C=S) groups is 1. The highest BCUT2D eigenvalue weighted by Crippen LogP contribution is 2.44. The van der Waals surface area contributed by atoms with Gasteiger partial charge in [-0.15, -0.1) is 0 Å². The zero-order valence-electron chi connectivity index (χ0n) is 18.0. The summed E-state index contributed by atoms with van der Waals surface area (Å²) in [6.07, 6.45) is 3.92. The van der Waals surface area contributed by atoms with Crippen molar-refractivity contribution in [2.75, 3.05) is 11.7 Å². The monoisotopic (exact) mass is 454 g/mol. The highest BCUT2D eigenvalue weighted by Gasteiger charge is 2.42. The number of anilines is 1. The van der Waals surface area contributed by atoms with Gasteiger partial charge in [0.15, 0.2) is 16.6 Å². The molecule has 2 aliphatic heterocycles. The Bertz CT molecular complexity index is 1340. The summed E-state index contributed by atoms with van der Waals surface area (Å²) >= 11 is 5.87. The number of aryl methyl sites for hydroxylation is 1. The van der Waals surface area contributed by atoms with Crippen molar-refractivity contribution >= 4 is 23.0 Å². The summed E-state index contributed by atoms with van der Waals surface area (Å²) in [5.41, 5.74) is 5.31. The molecule has 2 aromatic heterocycles. The van der Waals surface area contributed by atoms with Gasteiger partial charge in [0.1, 0.15) is 6.04 Å². The van der Waals surface area contributed by atoms with E-state index in [1.165, 1.54) is 5.56 Å². The summed E-state index contributed by atoms with van der Waals surface area (Å²) in [4.78, 5) is 6.81. The van der Waals surface area contributed by atoms with Gasteiger partial charge in [0, 0.05) is 35.5 Å². The second-order valence-electron chi connectivity index (χ2n) is 8.18. The summed E-state index contributed by atoms with van der Waals surface area (Å²) in [6.45, 7) is 2.34. The Morgan fingerprint density at radius 1 is 0.939 bits per heavy atom. The van der Waals surface area contributed by atoms with E-state index in [1.807, 2.05) is 42.6 Å². The fourth-order valence-electron chi connectivity index (χ4n) is 4.62. The fourth-order valence-corrected chi connectivity index (χ4v) is 4.96. The number of fused-ring (bicyclic) bond motifs is 1. The third kappa shape index (κ3) is 3.41. The van der Waals surface area contributed by atoms with Crippen LogP contribution in [-0.2, 0) is 0 Å². The minimum absolute atomic E-state index is 0.122. The molecule has 164 valence electrons. The average Bonchev–Trinajstić information content (AvgIpc) is 3.57. The molecule has 7 heteroatoms. The molecule has 0 saturated carbocycles. The lowest BCUT2D eigenvalue weighted by Crippen LogP contribution is -2.30. The van der Waals surface area contributed by atoms with E-state index in [0.717, 1.165) is 34.3 Å². The molecule has 1 N–H and O–H groups in total. The lowest BCUT2D eigenvalue weighted by atomic mass is 10.0. The van der Waals surface area contributed by atoms with Crippen LogP contribution in [0.1, 0.15) is 29.0 Å². The van der Waals surface area contributed by atoms with Gasteiger partial charge in [-0.25, -0.2) is 0 Å². The highest BCUT2D eigenvalue weighted by molar-refractivity contribution is 7.80. The van der Waals surface area contributed by atoms with E-state index in [-0.39, 0.29) is 18.9 Å². The quantitative estimate of drug-likeness (QED) is 0.434. The maximum atomic E-state index is 5.87. The maximum absolute atomic E-state index is 5.87. The number of ether oxygens (including phenoxy) is 2. The highest BCUT2D eigenvalue weighted by atomic mass is 32.1. The minimum Gasteiger partial charge on any atom is -0.454 e. The molecular weight excluding hydrogens is 432 g/mol. The minimum atomic E-state index is -0.123. The number of rotatable bonds is 4. The number of hydrogen-bond donors (Lipinski definition) is 1. The first kappa shape index (κ1) is 19.8. The predicted octanol–water partition coefficient (Wildman–Crippen LogP) is 5.09. The molecule has 0 unspecified atom stereocenters. The van der Waals surface area contributed by atoms with Gasteiger partial charge in [0.05, 0.1) is 11.7 Å². The Morgan fingerprint density at radius 3 is 2.70 bits per heavy atom. The number of nitrogens with one attached hydrogen (secondary N) is 1. The SMILES string of the molecule is Cc1cccc(-n2cccc2[C@H]2[C@H](c3ccccn3)NC(=S)N2c2ccc3c(c2)OCO3)c1. The molecule has 4 heterocycles. The molecule has 4 aromatic rings. The van der Waals surface area contributed by atoms with Crippen molar-refractivity contribution in [1.82, 2.24) is 14.9 Å². The molecule has 0 radical (unpaired) electrons. The van der Waals surface area contributed by atoms with Crippen LogP contribution in [0.5, 0.6) is 11.5 Å². The van der Waals surface area contributed by atoms with Gasteiger partial charge in [-0.05, 0) is 73.2 Å².